The van der Waals surface area contributed by atoms with Gasteiger partial charge < -0.3 is 0 Å². The molecule has 1 nitrogen and oxygen atoms in total. The lowest BCUT2D eigenvalue weighted by molar-refractivity contribution is 1.02. The van der Waals surface area contributed by atoms with Crippen LogP contribution in [0.1, 0.15) is 12.8 Å². The quantitative estimate of drug-likeness (QED) is 0.478. The van der Waals surface area contributed by atoms with Crippen LogP contribution >= 0.6 is 22.6 Å². The first-order valence-electron chi connectivity index (χ1n) is 2.25. The van der Waals surface area contributed by atoms with E-state index in [0.29, 0.717) is 0 Å². The Morgan fingerprint density at radius 2 is 2.00 bits per heavy atom. The Kier molecular flexibility index (Phi) is 4.52. The van der Waals surface area contributed by atoms with Gasteiger partial charge in [0.15, 0.2) is 0 Å². The molecule has 0 aromatic heterocycles. The highest BCUT2D eigenvalue weighted by Gasteiger charge is 2.18. The summed E-state index contributed by atoms with van der Waals surface area (Å²) in [6, 6.07) is 0. The van der Waals surface area contributed by atoms with Crippen LogP contribution in [0.25, 0.3) is 0 Å². The van der Waals surface area contributed by atoms with E-state index in [9.17, 15) is 0 Å². The molecule has 0 radical (unpaired) electrons. The molecule has 0 heterocycles. The zero-order valence-electron chi connectivity index (χ0n) is 4.10. The van der Waals surface area contributed by atoms with E-state index in [1.54, 1.807) is 0 Å². The van der Waals surface area contributed by atoms with Crippen LogP contribution < -0.4 is 0 Å². The Bertz CT molecular complexity index is 56.3. The number of rotatable bonds is 1. The maximum Gasteiger partial charge on any atom is 0.0462 e. The van der Waals surface area contributed by atoms with E-state index in [1.165, 1.54) is 17.3 Å². The van der Waals surface area contributed by atoms with Crippen LogP contribution in [0.15, 0.2) is 0 Å². The first kappa shape index (κ1) is 7.22. The first-order chi connectivity index (χ1) is 3.43. The molecule has 0 bridgehead atoms. The summed E-state index contributed by atoms with van der Waals surface area (Å²) in [6.45, 7) is 3.50. The fraction of sp³-hybridized carbons (Fsp3) is 0.800. The minimum Gasteiger partial charge on any atom is -0.202 e. The largest absolute Gasteiger partial charge is 0.202 e. The second kappa shape index (κ2) is 4.38. The lowest BCUT2D eigenvalue weighted by Crippen LogP contribution is -1.66. The number of nitriles is 1. The summed E-state index contributed by atoms with van der Waals surface area (Å²) < 4.78 is 1.39. The van der Waals surface area contributed by atoms with Crippen molar-refractivity contribution >= 4 is 22.6 Å². The van der Waals surface area contributed by atoms with Crippen molar-refractivity contribution in [2.24, 2.45) is 5.92 Å². The van der Waals surface area contributed by atoms with E-state index in [-0.39, 0.29) is 0 Å². The first-order valence-corrected chi connectivity index (χ1v) is 3.78. The van der Waals surface area contributed by atoms with Crippen LogP contribution in [-0.4, -0.2) is 4.43 Å². The molecule has 1 aliphatic carbocycles. The molecular weight excluding hydrogens is 201 g/mol. The molecule has 40 valence electrons. The van der Waals surface area contributed by atoms with Crippen LogP contribution in [0.4, 0.5) is 0 Å². The molecule has 7 heavy (non-hydrogen) atoms. The Morgan fingerprint density at radius 3 is 2.00 bits per heavy atom. The van der Waals surface area contributed by atoms with Crippen LogP contribution in [0.3, 0.4) is 0 Å². The zero-order chi connectivity index (χ0) is 5.70. The van der Waals surface area contributed by atoms with Gasteiger partial charge in [-0.2, -0.15) is 0 Å². The minimum atomic E-state index is 1.12. The van der Waals surface area contributed by atoms with Gasteiger partial charge in [-0.25, -0.2) is 5.26 Å². The molecule has 0 amide bonds. The molecule has 0 atom stereocenters. The summed E-state index contributed by atoms with van der Waals surface area (Å²) in [5.41, 5.74) is 0. The second-order valence-electron chi connectivity index (χ2n) is 1.60. The van der Waals surface area contributed by atoms with E-state index in [1.807, 2.05) is 0 Å². The summed E-state index contributed by atoms with van der Waals surface area (Å²) >= 11 is 2.44. The van der Waals surface area contributed by atoms with Gasteiger partial charge in [0.1, 0.15) is 0 Å². The van der Waals surface area contributed by atoms with Crippen LogP contribution in [-0.2, 0) is 0 Å². The predicted octanol–water partition coefficient (Wildman–Crippen LogP) is 1.97. The predicted molar refractivity (Wildman–Crippen MR) is 38.3 cm³/mol. The molecule has 0 N–H and O–H groups in total. The molecule has 1 aliphatic rings. The fourth-order valence-electron chi connectivity index (χ4n) is 0.272. The average Bonchev–Trinajstić information content (AvgIpc) is 2.52. The maximum atomic E-state index is 6.50. The zero-order valence-corrected chi connectivity index (χ0v) is 6.26. The SMILES string of the molecule is C#N.ICC1CC1. The highest BCUT2D eigenvalue weighted by Crippen LogP contribution is 2.30. The van der Waals surface area contributed by atoms with Gasteiger partial charge in [-0.3, -0.25) is 0 Å². The third-order valence-electron chi connectivity index (χ3n) is 0.915. The second-order valence-corrected chi connectivity index (χ2v) is 2.48. The Morgan fingerprint density at radius 1 is 1.57 bits per heavy atom. The van der Waals surface area contributed by atoms with Crippen molar-refractivity contribution in [2.45, 2.75) is 12.8 Å². The van der Waals surface area contributed by atoms with Crippen molar-refractivity contribution in [1.82, 2.24) is 0 Å². The highest BCUT2D eigenvalue weighted by molar-refractivity contribution is 14.1. The van der Waals surface area contributed by atoms with Gasteiger partial charge in [0.25, 0.3) is 0 Å². The molecule has 0 unspecified atom stereocenters. The molecular formula is C5H8IN. The monoisotopic (exact) mass is 209 g/mol. The van der Waals surface area contributed by atoms with Gasteiger partial charge in [-0.05, 0) is 18.8 Å². The Balaban J connectivity index is 0.000000162. The van der Waals surface area contributed by atoms with E-state index < -0.39 is 0 Å². The Hall–Kier alpha value is 0.220. The topological polar surface area (TPSA) is 23.8 Å². The third-order valence-corrected chi connectivity index (χ3v) is 2.16. The molecule has 1 fully saturated rings. The van der Waals surface area contributed by atoms with Gasteiger partial charge in [0.05, 0.1) is 0 Å². The highest BCUT2D eigenvalue weighted by atomic mass is 127. The lowest BCUT2D eigenvalue weighted by Gasteiger charge is -1.70. The minimum absolute atomic E-state index is 1.12. The van der Waals surface area contributed by atoms with Gasteiger partial charge in [0, 0.05) is 11.0 Å². The van der Waals surface area contributed by atoms with E-state index in [0.717, 1.165) is 5.92 Å². The molecule has 2 heteroatoms. The number of nitrogens with zero attached hydrogens (tertiary/aromatic N) is 1. The molecule has 0 aliphatic heterocycles. The van der Waals surface area contributed by atoms with Gasteiger partial charge in [0.2, 0.25) is 0 Å². The maximum absolute atomic E-state index is 6.50. The number of alkyl halides is 1. The molecule has 0 saturated heterocycles. The summed E-state index contributed by atoms with van der Waals surface area (Å²) in [5.74, 6) is 1.12. The fourth-order valence-corrected chi connectivity index (χ4v) is 1.15. The van der Waals surface area contributed by atoms with E-state index in [2.05, 4.69) is 29.2 Å². The van der Waals surface area contributed by atoms with E-state index in [4.69, 9.17) is 5.26 Å². The smallest absolute Gasteiger partial charge is 0.0462 e. The number of hydrogen-bond donors (Lipinski definition) is 0. The molecule has 1 saturated carbocycles. The third kappa shape index (κ3) is 4.07. The summed E-state index contributed by atoms with van der Waals surface area (Å²) in [6.07, 6.45) is 3.01. The van der Waals surface area contributed by atoms with Crippen molar-refractivity contribution in [3.63, 3.8) is 0 Å². The van der Waals surface area contributed by atoms with Crippen molar-refractivity contribution in [3.05, 3.63) is 0 Å². The van der Waals surface area contributed by atoms with Gasteiger partial charge >= 0.3 is 0 Å². The average molecular weight is 209 g/mol. The summed E-state index contributed by atoms with van der Waals surface area (Å²) in [5, 5.41) is 6.50. The Labute approximate surface area is 57.9 Å². The van der Waals surface area contributed by atoms with Crippen molar-refractivity contribution in [2.75, 3.05) is 4.43 Å². The summed E-state index contributed by atoms with van der Waals surface area (Å²) in [4.78, 5) is 0. The summed E-state index contributed by atoms with van der Waals surface area (Å²) in [7, 11) is 0. The molecule has 0 aromatic carbocycles. The normalized spacial score (nSPS) is 17.0. The van der Waals surface area contributed by atoms with Gasteiger partial charge in [-0.15, -0.1) is 0 Å². The van der Waals surface area contributed by atoms with Crippen molar-refractivity contribution in [1.29, 1.82) is 5.26 Å². The van der Waals surface area contributed by atoms with Crippen molar-refractivity contribution in [3.8, 4) is 6.57 Å². The van der Waals surface area contributed by atoms with Crippen LogP contribution in [0, 0.1) is 17.8 Å². The van der Waals surface area contributed by atoms with E-state index >= 15 is 0 Å². The molecule has 0 spiro atoms. The van der Waals surface area contributed by atoms with Crippen LogP contribution in [0.5, 0.6) is 0 Å². The standard InChI is InChI=1S/C4H7I.CHN/c5-3-4-1-2-4;1-2/h4H,1-3H2;1H. The number of halogens is 1. The number of hydrogen-bond acceptors (Lipinski definition) is 1. The molecule has 1 rings (SSSR count). The van der Waals surface area contributed by atoms with Crippen LogP contribution in [0.2, 0.25) is 0 Å². The van der Waals surface area contributed by atoms with Gasteiger partial charge in [-0.1, -0.05) is 22.6 Å². The van der Waals surface area contributed by atoms with Crippen molar-refractivity contribution < 1.29 is 0 Å². The lowest BCUT2D eigenvalue weighted by atomic mass is 10.5. The molecule has 0 aromatic rings.